The maximum Gasteiger partial charge on any atom is 0.229 e. The lowest BCUT2D eigenvalue weighted by molar-refractivity contribution is -0.115. The Balaban J connectivity index is 1.79. The van der Waals surface area contributed by atoms with Crippen LogP contribution in [0.1, 0.15) is 15.4 Å². The molecule has 0 atom stereocenters. The van der Waals surface area contributed by atoms with Crippen molar-refractivity contribution in [3.8, 4) is 11.3 Å². The predicted molar refractivity (Wildman–Crippen MR) is 101 cm³/mol. The number of thiazole rings is 1. The molecule has 0 radical (unpaired) electrons. The summed E-state index contributed by atoms with van der Waals surface area (Å²) < 4.78 is 13.1. The zero-order chi connectivity index (χ0) is 18.0. The second-order valence-electron chi connectivity index (χ2n) is 5.70. The fraction of sp³-hybridized carbons (Fsp3) is 0.158. The molecule has 0 aliphatic rings. The van der Waals surface area contributed by atoms with Crippen LogP contribution in [-0.2, 0) is 11.2 Å². The van der Waals surface area contributed by atoms with Crippen LogP contribution in [-0.4, -0.2) is 10.9 Å². The first-order valence-corrected chi connectivity index (χ1v) is 8.90. The minimum Gasteiger partial charge on any atom is -0.326 e. The lowest BCUT2D eigenvalue weighted by atomic mass is 10.1. The van der Waals surface area contributed by atoms with Gasteiger partial charge < -0.3 is 5.32 Å². The molecule has 6 heteroatoms. The number of nitrogens with zero attached hydrogens (tertiary/aromatic N) is 1. The Morgan fingerprint density at radius 3 is 2.60 bits per heavy atom. The standard InChI is InChI=1S/C19H16ClFN2OS/c1-11-3-8-15(9-16(11)20)23-18(24)10-17-19(22-12(2)25-17)13-4-6-14(21)7-5-13/h3-9H,10H2,1-2H3,(H,23,24). The van der Waals surface area contributed by atoms with Crippen LogP contribution in [0.4, 0.5) is 10.1 Å². The molecule has 3 aromatic rings. The summed E-state index contributed by atoms with van der Waals surface area (Å²) in [6.45, 7) is 3.79. The zero-order valence-corrected chi connectivity index (χ0v) is 15.3. The molecule has 0 saturated heterocycles. The van der Waals surface area contributed by atoms with E-state index in [1.54, 1.807) is 18.2 Å². The summed E-state index contributed by atoms with van der Waals surface area (Å²) in [4.78, 5) is 17.7. The monoisotopic (exact) mass is 374 g/mol. The third-order valence-electron chi connectivity index (χ3n) is 3.70. The first-order chi connectivity index (χ1) is 11.9. The van der Waals surface area contributed by atoms with E-state index in [0.717, 1.165) is 26.7 Å². The molecular formula is C19H16ClFN2OS. The first-order valence-electron chi connectivity index (χ1n) is 7.70. The second-order valence-corrected chi connectivity index (χ2v) is 7.40. The van der Waals surface area contributed by atoms with Crippen molar-refractivity contribution in [2.45, 2.75) is 20.3 Å². The van der Waals surface area contributed by atoms with Gasteiger partial charge in [0, 0.05) is 21.2 Å². The summed E-state index contributed by atoms with van der Waals surface area (Å²) in [6, 6.07) is 11.5. The van der Waals surface area contributed by atoms with Gasteiger partial charge in [-0.2, -0.15) is 0 Å². The molecule has 3 nitrogen and oxygen atoms in total. The zero-order valence-electron chi connectivity index (χ0n) is 13.8. The number of benzene rings is 2. The number of anilines is 1. The summed E-state index contributed by atoms with van der Waals surface area (Å²) in [6.07, 6.45) is 0.198. The average molecular weight is 375 g/mol. The second kappa shape index (κ2) is 7.33. The van der Waals surface area contributed by atoms with Crippen LogP contribution in [0.15, 0.2) is 42.5 Å². The molecule has 2 aromatic carbocycles. The van der Waals surface area contributed by atoms with Gasteiger partial charge in [0.2, 0.25) is 5.91 Å². The van der Waals surface area contributed by atoms with Crippen molar-refractivity contribution < 1.29 is 9.18 Å². The van der Waals surface area contributed by atoms with Crippen molar-refractivity contribution in [2.24, 2.45) is 0 Å². The third kappa shape index (κ3) is 4.24. The van der Waals surface area contributed by atoms with Gasteiger partial charge in [-0.05, 0) is 55.8 Å². The molecule has 0 saturated carbocycles. The van der Waals surface area contributed by atoms with Gasteiger partial charge >= 0.3 is 0 Å². The summed E-state index contributed by atoms with van der Waals surface area (Å²) in [5.41, 5.74) is 3.13. The lowest BCUT2D eigenvalue weighted by Gasteiger charge is -2.07. The van der Waals surface area contributed by atoms with Crippen molar-refractivity contribution in [2.75, 3.05) is 5.32 Å². The van der Waals surface area contributed by atoms with E-state index < -0.39 is 0 Å². The van der Waals surface area contributed by atoms with E-state index in [1.165, 1.54) is 23.5 Å². The van der Waals surface area contributed by atoms with Crippen LogP contribution in [0.5, 0.6) is 0 Å². The van der Waals surface area contributed by atoms with Crippen molar-refractivity contribution in [3.05, 3.63) is 68.8 Å². The van der Waals surface area contributed by atoms with Gasteiger partial charge in [-0.1, -0.05) is 17.7 Å². The number of aromatic nitrogens is 1. The van der Waals surface area contributed by atoms with Crippen LogP contribution in [0.25, 0.3) is 11.3 Å². The topological polar surface area (TPSA) is 42.0 Å². The van der Waals surface area contributed by atoms with E-state index in [2.05, 4.69) is 10.3 Å². The van der Waals surface area contributed by atoms with Crippen LogP contribution < -0.4 is 5.32 Å². The van der Waals surface area contributed by atoms with Crippen molar-refractivity contribution in [1.29, 1.82) is 0 Å². The molecular weight excluding hydrogens is 359 g/mol. The number of carbonyl (C=O) groups excluding carboxylic acids is 1. The predicted octanol–water partition coefficient (Wildman–Crippen LogP) is 5.40. The van der Waals surface area contributed by atoms with Gasteiger partial charge in [0.05, 0.1) is 17.1 Å². The quantitative estimate of drug-likeness (QED) is 0.664. The molecule has 128 valence electrons. The van der Waals surface area contributed by atoms with Gasteiger partial charge in [-0.25, -0.2) is 9.37 Å². The Kier molecular flexibility index (Phi) is 5.16. The molecule has 0 unspecified atom stereocenters. The van der Waals surface area contributed by atoms with Crippen LogP contribution >= 0.6 is 22.9 Å². The van der Waals surface area contributed by atoms with Gasteiger partial charge in [0.25, 0.3) is 0 Å². The molecule has 1 heterocycles. The van der Waals surface area contributed by atoms with Gasteiger partial charge in [-0.15, -0.1) is 11.3 Å². The molecule has 0 fully saturated rings. The maximum atomic E-state index is 13.1. The molecule has 0 aliphatic carbocycles. The highest BCUT2D eigenvalue weighted by molar-refractivity contribution is 7.12. The average Bonchev–Trinajstić information content (AvgIpc) is 2.92. The number of aryl methyl sites for hydroxylation is 2. The van der Waals surface area contributed by atoms with Crippen LogP contribution in [0.2, 0.25) is 5.02 Å². The van der Waals surface area contributed by atoms with Gasteiger partial charge in [-0.3, -0.25) is 4.79 Å². The molecule has 0 bridgehead atoms. The summed E-state index contributed by atoms with van der Waals surface area (Å²) in [7, 11) is 0. The fourth-order valence-corrected chi connectivity index (χ4v) is 3.58. The smallest absolute Gasteiger partial charge is 0.229 e. The number of nitrogens with one attached hydrogen (secondary N) is 1. The molecule has 1 aromatic heterocycles. The van der Waals surface area contributed by atoms with Gasteiger partial charge in [0.1, 0.15) is 5.82 Å². The largest absolute Gasteiger partial charge is 0.326 e. The highest BCUT2D eigenvalue weighted by atomic mass is 35.5. The maximum absolute atomic E-state index is 13.1. The lowest BCUT2D eigenvalue weighted by Crippen LogP contribution is -2.14. The molecule has 0 spiro atoms. The van der Waals surface area contributed by atoms with E-state index in [0.29, 0.717) is 10.7 Å². The van der Waals surface area contributed by atoms with Crippen molar-refractivity contribution >= 4 is 34.5 Å². The highest BCUT2D eigenvalue weighted by Crippen LogP contribution is 2.29. The minimum atomic E-state index is -0.300. The SMILES string of the molecule is Cc1nc(-c2ccc(F)cc2)c(CC(=O)Nc2ccc(C)c(Cl)c2)s1. The van der Waals surface area contributed by atoms with Crippen molar-refractivity contribution in [3.63, 3.8) is 0 Å². The number of amides is 1. The minimum absolute atomic E-state index is 0.146. The Labute approximate surface area is 154 Å². The fourth-order valence-electron chi connectivity index (χ4n) is 2.44. The Morgan fingerprint density at radius 2 is 1.92 bits per heavy atom. The number of hydrogen-bond acceptors (Lipinski definition) is 3. The number of rotatable bonds is 4. The molecule has 1 N–H and O–H groups in total. The van der Waals surface area contributed by atoms with Crippen molar-refractivity contribution in [1.82, 2.24) is 4.98 Å². The highest BCUT2D eigenvalue weighted by Gasteiger charge is 2.15. The van der Waals surface area contributed by atoms with E-state index >= 15 is 0 Å². The molecule has 1 amide bonds. The first kappa shape index (κ1) is 17.6. The van der Waals surface area contributed by atoms with E-state index in [1.807, 2.05) is 26.0 Å². The molecule has 25 heavy (non-hydrogen) atoms. The van der Waals surface area contributed by atoms with Crippen LogP contribution in [0.3, 0.4) is 0 Å². The van der Waals surface area contributed by atoms with Gasteiger partial charge in [0.15, 0.2) is 0 Å². The summed E-state index contributed by atoms with van der Waals surface area (Å²) in [5.74, 6) is -0.446. The Morgan fingerprint density at radius 1 is 1.20 bits per heavy atom. The Bertz CT molecular complexity index is 922. The third-order valence-corrected chi connectivity index (χ3v) is 5.08. The Hall–Kier alpha value is -2.24. The van der Waals surface area contributed by atoms with E-state index in [9.17, 15) is 9.18 Å². The summed E-state index contributed by atoms with van der Waals surface area (Å²) >= 11 is 7.56. The number of carbonyl (C=O) groups is 1. The van der Waals surface area contributed by atoms with E-state index in [4.69, 9.17) is 11.6 Å². The normalized spacial score (nSPS) is 10.7. The molecule has 3 rings (SSSR count). The molecule has 0 aliphatic heterocycles. The summed E-state index contributed by atoms with van der Waals surface area (Å²) in [5, 5.41) is 4.32. The van der Waals surface area contributed by atoms with E-state index in [-0.39, 0.29) is 18.1 Å². The number of hydrogen-bond donors (Lipinski definition) is 1. The number of halogens is 2. The van der Waals surface area contributed by atoms with Crippen LogP contribution in [0, 0.1) is 19.7 Å².